The minimum absolute atomic E-state index is 0.0574. The molecule has 0 bridgehead atoms. The van der Waals surface area contributed by atoms with Gasteiger partial charge in [-0.3, -0.25) is 4.79 Å². The zero-order valence-corrected chi connectivity index (χ0v) is 10.3. The number of halogens is 4. The largest absolute Gasteiger partial charge is 0.481 e. The van der Waals surface area contributed by atoms with Gasteiger partial charge in [-0.25, -0.2) is 4.39 Å². The van der Waals surface area contributed by atoms with Crippen LogP contribution in [0.25, 0.3) is 0 Å². The Bertz CT molecular complexity index is 548. The van der Waals surface area contributed by atoms with Crippen molar-refractivity contribution >= 4 is 5.97 Å². The van der Waals surface area contributed by atoms with Crippen LogP contribution in [0.5, 0.6) is 0 Å². The number of alkyl halides is 3. The highest BCUT2D eigenvalue weighted by Gasteiger charge is 2.69. The lowest BCUT2D eigenvalue weighted by Crippen LogP contribution is -2.29. The van der Waals surface area contributed by atoms with Crippen molar-refractivity contribution in [3.8, 4) is 0 Å². The van der Waals surface area contributed by atoms with E-state index in [1.807, 2.05) is 0 Å². The van der Waals surface area contributed by atoms with Crippen LogP contribution in [0.1, 0.15) is 31.4 Å². The number of hydrogen-bond donors (Lipinski definition) is 1. The lowest BCUT2D eigenvalue weighted by Gasteiger charge is -2.21. The molecule has 0 saturated heterocycles. The number of rotatable bonds is 2. The Labute approximate surface area is 107 Å². The van der Waals surface area contributed by atoms with Crippen molar-refractivity contribution in [3.05, 3.63) is 35.1 Å². The van der Waals surface area contributed by atoms with Crippen LogP contribution in [-0.2, 0) is 16.4 Å². The zero-order valence-electron chi connectivity index (χ0n) is 10.3. The fraction of sp³-hybridized carbons (Fsp3) is 0.462. The van der Waals surface area contributed by atoms with Crippen molar-refractivity contribution in [2.75, 3.05) is 0 Å². The molecule has 1 atom stereocenters. The molecule has 0 radical (unpaired) electrons. The summed E-state index contributed by atoms with van der Waals surface area (Å²) >= 11 is 0. The van der Waals surface area contributed by atoms with E-state index >= 15 is 0 Å². The topological polar surface area (TPSA) is 37.3 Å². The molecular weight excluding hydrogens is 264 g/mol. The van der Waals surface area contributed by atoms with Gasteiger partial charge in [-0.05, 0) is 35.6 Å². The fourth-order valence-electron chi connectivity index (χ4n) is 2.68. The molecule has 1 aliphatic carbocycles. The van der Waals surface area contributed by atoms with E-state index in [0.29, 0.717) is 18.2 Å². The van der Waals surface area contributed by atoms with Gasteiger partial charge >= 0.3 is 12.1 Å². The summed E-state index contributed by atoms with van der Waals surface area (Å²) in [4.78, 5) is 11.4. The number of carboxylic acid groups (broad SMARTS) is 1. The average Bonchev–Trinajstić information content (AvgIpc) is 2.81. The molecule has 1 unspecified atom stereocenters. The minimum atomic E-state index is -4.70. The smallest absolute Gasteiger partial charge is 0.416 e. The van der Waals surface area contributed by atoms with E-state index < -0.39 is 39.9 Å². The number of carbonyl (C=O) groups is 1. The average molecular weight is 276 g/mol. The van der Waals surface area contributed by atoms with E-state index in [9.17, 15) is 27.5 Å². The van der Waals surface area contributed by atoms with E-state index in [1.54, 1.807) is 13.8 Å². The molecule has 0 amide bonds. The highest BCUT2D eigenvalue weighted by molar-refractivity contribution is 5.87. The Hall–Kier alpha value is -1.59. The first-order valence-electron chi connectivity index (χ1n) is 5.63. The molecule has 0 spiro atoms. The van der Waals surface area contributed by atoms with E-state index in [-0.39, 0.29) is 6.42 Å². The fourth-order valence-corrected chi connectivity index (χ4v) is 2.68. The van der Waals surface area contributed by atoms with Crippen molar-refractivity contribution in [2.24, 2.45) is 5.41 Å². The molecule has 19 heavy (non-hydrogen) atoms. The molecule has 2 rings (SSSR count). The van der Waals surface area contributed by atoms with Gasteiger partial charge in [0.25, 0.3) is 0 Å². The number of carboxylic acids is 1. The highest BCUT2D eigenvalue weighted by atomic mass is 19.4. The maximum Gasteiger partial charge on any atom is 0.416 e. The first-order valence-corrected chi connectivity index (χ1v) is 5.63. The summed E-state index contributed by atoms with van der Waals surface area (Å²) in [6.07, 6.45) is -4.65. The van der Waals surface area contributed by atoms with Crippen LogP contribution in [-0.4, -0.2) is 11.1 Å². The first kappa shape index (κ1) is 13.8. The molecule has 104 valence electrons. The van der Waals surface area contributed by atoms with Crippen LogP contribution in [0.2, 0.25) is 0 Å². The van der Waals surface area contributed by atoms with Gasteiger partial charge in [0.2, 0.25) is 0 Å². The Balaban J connectivity index is 2.69. The maximum absolute atomic E-state index is 13.2. The lowest BCUT2D eigenvalue weighted by atomic mass is 9.84. The van der Waals surface area contributed by atoms with Gasteiger partial charge in [-0.2, -0.15) is 13.2 Å². The van der Waals surface area contributed by atoms with Gasteiger partial charge < -0.3 is 5.11 Å². The molecule has 2 nitrogen and oxygen atoms in total. The standard InChI is InChI=1S/C13H12F4O2/c1-11(2)6-12(11,10(18)19)9-5-7(14)3-4-8(9)13(15,16)17/h3-5H,6H2,1-2H3,(H,18,19). The van der Waals surface area contributed by atoms with Crippen molar-refractivity contribution < 1.29 is 27.5 Å². The van der Waals surface area contributed by atoms with Crippen LogP contribution in [0.15, 0.2) is 18.2 Å². The third kappa shape index (κ3) is 1.89. The summed E-state index contributed by atoms with van der Waals surface area (Å²) < 4.78 is 52.1. The second-order valence-electron chi connectivity index (χ2n) is 5.46. The molecule has 1 aromatic rings. The SMILES string of the molecule is CC1(C)CC1(C(=O)O)c1cc(F)ccc1C(F)(F)F. The molecule has 1 aliphatic rings. The summed E-state index contributed by atoms with van der Waals surface area (Å²) in [7, 11) is 0. The van der Waals surface area contributed by atoms with E-state index in [2.05, 4.69) is 0 Å². The number of aliphatic carboxylic acids is 1. The Morgan fingerprint density at radius 3 is 2.21 bits per heavy atom. The van der Waals surface area contributed by atoms with Gasteiger partial charge in [0.1, 0.15) is 5.82 Å². The number of benzene rings is 1. The van der Waals surface area contributed by atoms with Gasteiger partial charge in [0.15, 0.2) is 0 Å². The molecular formula is C13H12F4O2. The van der Waals surface area contributed by atoms with Crippen LogP contribution in [0, 0.1) is 11.2 Å². The summed E-state index contributed by atoms with van der Waals surface area (Å²) in [5.41, 5.74) is -4.06. The quantitative estimate of drug-likeness (QED) is 0.838. The summed E-state index contributed by atoms with van der Waals surface area (Å²) in [6, 6.07) is 1.98. The molecule has 0 aromatic heterocycles. The maximum atomic E-state index is 13.2. The van der Waals surface area contributed by atoms with E-state index in [1.165, 1.54) is 0 Å². The summed E-state index contributed by atoms with van der Waals surface area (Å²) in [6.45, 7) is 3.12. The Morgan fingerprint density at radius 1 is 1.32 bits per heavy atom. The predicted octanol–water partition coefficient (Wildman–Crippen LogP) is 3.60. The van der Waals surface area contributed by atoms with Crippen LogP contribution < -0.4 is 0 Å². The normalized spacial score (nSPS) is 25.2. The van der Waals surface area contributed by atoms with Crippen molar-refractivity contribution in [1.29, 1.82) is 0 Å². The molecule has 1 fully saturated rings. The van der Waals surface area contributed by atoms with Crippen LogP contribution >= 0.6 is 0 Å². The second kappa shape index (κ2) is 3.71. The molecule has 0 heterocycles. The predicted molar refractivity (Wildman–Crippen MR) is 59.1 cm³/mol. The lowest BCUT2D eigenvalue weighted by molar-refractivity contribution is -0.143. The van der Waals surface area contributed by atoms with Crippen molar-refractivity contribution in [2.45, 2.75) is 31.9 Å². The first-order chi connectivity index (χ1) is 8.52. The highest BCUT2D eigenvalue weighted by Crippen LogP contribution is 2.65. The molecule has 0 aliphatic heterocycles. The summed E-state index contributed by atoms with van der Waals surface area (Å²) in [5, 5.41) is 9.28. The van der Waals surface area contributed by atoms with Crippen LogP contribution in [0.4, 0.5) is 17.6 Å². The van der Waals surface area contributed by atoms with Gasteiger partial charge in [0, 0.05) is 0 Å². The third-order valence-corrected chi connectivity index (χ3v) is 3.85. The van der Waals surface area contributed by atoms with Crippen molar-refractivity contribution in [3.63, 3.8) is 0 Å². The van der Waals surface area contributed by atoms with Gasteiger partial charge in [0.05, 0.1) is 11.0 Å². The molecule has 1 saturated carbocycles. The van der Waals surface area contributed by atoms with Crippen molar-refractivity contribution in [1.82, 2.24) is 0 Å². The van der Waals surface area contributed by atoms with Crippen LogP contribution in [0.3, 0.4) is 0 Å². The molecule has 1 N–H and O–H groups in total. The minimum Gasteiger partial charge on any atom is -0.481 e. The molecule has 1 aromatic carbocycles. The Kier molecular flexibility index (Phi) is 2.70. The van der Waals surface area contributed by atoms with E-state index in [0.717, 1.165) is 0 Å². The van der Waals surface area contributed by atoms with Gasteiger partial charge in [-0.1, -0.05) is 13.8 Å². The monoisotopic (exact) mass is 276 g/mol. The zero-order chi connectivity index (χ0) is 14.6. The Morgan fingerprint density at radius 2 is 1.84 bits per heavy atom. The summed E-state index contributed by atoms with van der Waals surface area (Å²) in [5.74, 6) is -2.22. The second-order valence-corrected chi connectivity index (χ2v) is 5.46. The third-order valence-electron chi connectivity index (χ3n) is 3.85. The van der Waals surface area contributed by atoms with E-state index in [4.69, 9.17) is 0 Å². The number of hydrogen-bond acceptors (Lipinski definition) is 1. The molecule has 6 heteroatoms. The van der Waals surface area contributed by atoms with Gasteiger partial charge in [-0.15, -0.1) is 0 Å².